The lowest BCUT2D eigenvalue weighted by molar-refractivity contribution is -0.130. The zero-order chi connectivity index (χ0) is 15.4. The molecule has 0 aliphatic carbocycles. The largest absolute Gasteiger partial charge is 0.332 e. The molecular weight excluding hydrogens is 272 g/mol. The van der Waals surface area contributed by atoms with E-state index in [2.05, 4.69) is 16.7 Å². The summed E-state index contributed by atoms with van der Waals surface area (Å²) >= 11 is 0. The van der Waals surface area contributed by atoms with Crippen LogP contribution in [-0.4, -0.2) is 48.4 Å². The number of hydrogen-bond donors (Lipinski definition) is 0. The Balaban J connectivity index is 1.62. The van der Waals surface area contributed by atoms with Crippen LogP contribution in [0.2, 0.25) is 0 Å². The van der Waals surface area contributed by atoms with E-state index in [1.54, 1.807) is 0 Å². The van der Waals surface area contributed by atoms with Gasteiger partial charge in [0.05, 0.1) is 12.0 Å². The lowest BCUT2D eigenvalue weighted by Gasteiger charge is -2.28. The minimum atomic E-state index is 0.0579. The minimum Gasteiger partial charge on any atom is -0.332 e. The zero-order valence-electron chi connectivity index (χ0n) is 13.3. The van der Waals surface area contributed by atoms with Crippen molar-refractivity contribution in [3.63, 3.8) is 0 Å². The second-order valence-corrected chi connectivity index (χ2v) is 6.39. The van der Waals surface area contributed by atoms with Crippen molar-refractivity contribution >= 4 is 5.91 Å². The molecule has 0 saturated carbocycles. The van der Waals surface area contributed by atoms with E-state index in [9.17, 15) is 4.79 Å². The number of nitrogens with zero attached hydrogens (tertiary/aromatic N) is 2. The molecule has 0 aromatic heterocycles. The Morgan fingerprint density at radius 2 is 1.86 bits per heavy atom. The average molecular weight is 296 g/mol. The minimum absolute atomic E-state index is 0.0579. The third kappa shape index (κ3) is 3.51. The van der Waals surface area contributed by atoms with E-state index in [-0.39, 0.29) is 17.9 Å². The standard InChI is InChI=1S/C19H24N2O/c1-20-18(11-10-16-8-4-2-5-9-16)14-17(19(20)22)15-21-12-6-3-7-13-21/h2,4-5,8-9,17-18H,3,6-7,12-15H2,1H3. The molecule has 2 saturated heterocycles. The number of rotatable bonds is 2. The van der Waals surface area contributed by atoms with Gasteiger partial charge in [0.2, 0.25) is 5.91 Å². The van der Waals surface area contributed by atoms with Crippen molar-refractivity contribution in [2.24, 2.45) is 5.92 Å². The maximum atomic E-state index is 12.4. The highest BCUT2D eigenvalue weighted by Gasteiger charge is 2.37. The van der Waals surface area contributed by atoms with Crippen molar-refractivity contribution in [2.45, 2.75) is 31.7 Å². The van der Waals surface area contributed by atoms with Gasteiger partial charge in [-0.1, -0.05) is 36.5 Å². The van der Waals surface area contributed by atoms with E-state index >= 15 is 0 Å². The molecule has 2 aliphatic heterocycles. The van der Waals surface area contributed by atoms with E-state index < -0.39 is 0 Å². The first-order valence-corrected chi connectivity index (χ1v) is 8.29. The third-order valence-corrected chi connectivity index (χ3v) is 4.76. The van der Waals surface area contributed by atoms with Crippen LogP contribution in [0.15, 0.2) is 30.3 Å². The fourth-order valence-electron chi connectivity index (χ4n) is 3.42. The second-order valence-electron chi connectivity index (χ2n) is 6.39. The van der Waals surface area contributed by atoms with Crippen LogP contribution in [0.1, 0.15) is 31.2 Å². The quantitative estimate of drug-likeness (QED) is 0.782. The van der Waals surface area contributed by atoms with Gasteiger partial charge in [-0.3, -0.25) is 4.79 Å². The molecule has 3 heteroatoms. The molecule has 116 valence electrons. The summed E-state index contributed by atoms with van der Waals surface area (Å²) in [6.07, 6.45) is 4.74. The van der Waals surface area contributed by atoms with Crippen molar-refractivity contribution in [2.75, 3.05) is 26.7 Å². The van der Waals surface area contributed by atoms with E-state index in [0.717, 1.165) is 31.6 Å². The van der Waals surface area contributed by atoms with Gasteiger partial charge in [0.15, 0.2) is 0 Å². The van der Waals surface area contributed by atoms with Gasteiger partial charge in [0.25, 0.3) is 0 Å². The van der Waals surface area contributed by atoms with Crippen LogP contribution in [0, 0.1) is 17.8 Å². The number of hydrogen-bond acceptors (Lipinski definition) is 2. The predicted molar refractivity (Wildman–Crippen MR) is 88.3 cm³/mol. The molecule has 0 radical (unpaired) electrons. The van der Waals surface area contributed by atoms with E-state index in [1.807, 2.05) is 42.3 Å². The monoisotopic (exact) mass is 296 g/mol. The van der Waals surface area contributed by atoms with Crippen LogP contribution < -0.4 is 0 Å². The van der Waals surface area contributed by atoms with Crippen molar-refractivity contribution in [1.82, 2.24) is 9.80 Å². The Labute approximate surface area is 133 Å². The lowest BCUT2D eigenvalue weighted by Crippen LogP contribution is -2.37. The molecule has 2 fully saturated rings. The van der Waals surface area contributed by atoms with Crippen molar-refractivity contribution in [3.05, 3.63) is 35.9 Å². The first-order chi connectivity index (χ1) is 10.7. The van der Waals surface area contributed by atoms with Crippen molar-refractivity contribution in [1.29, 1.82) is 0 Å². The van der Waals surface area contributed by atoms with Crippen LogP contribution in [0.5, 0.6) is 0 Å². The van der Waals surface area contributed by atoms with Crippen LogP contribution in [-0.2, 0) is 4.79 Å². The lowest BCUT2D eigenvalue weighted by atomic mass is 10.0. The van der Waals surface area contributed by atoms with Gasteiger partial charge in [-0.05, 0) is 44.5 Å². The fourth-order valence-corrected chi connectivity index (χ4v) is 3.42. The molecule has 0 N–H and O–H groups in total. The highest BCUT2D eigenvalue weighted by molar-refractivity contribution is 5.82. The number of piperidine rings is 1. The molecule has 1 aromatic carbocycles. The molecule has 1 amide bonds. The molecule has 1 aromatic rings. The molecule has 3 nitrogen and oxygen atoms in total. The highest BCUT2D eigenvalue weighted by Crippen LogP contribution is 2.25. The van der Waals surface area contributed by atoms with E-state index in [4.69, 9.17) is 0 Å². The summed E-state index contributed by atoms with van der Waals surface area (Å²) in [6.45, 7) is 3.20. The molecule has 2 heterocycles. The van der Waals surface area contributed by atoms with Gasteiger partial charge in [0, 0.05) is 19.2 Å². The molecule has 0 bridgehead atoms. The number of likely N-dealkylation sites (tertiary alicyclic amines) is 2. The number of carbonyl (C=O) groups excluding carboxylic acids is 1. The van der Waals surface area contributed by atoms with Crippen molar-refractivity contribution in [3.8, 4) is 11.8 Å². The van der Waals surface area contributed by atoms with E-state index in [0.29, 0.717) is 0 Å². The molecule has 2 atom stereocenters. The third-order valence-electron chi connectivity index (χ3n) is 4.76. The van der Waals surface area contributed by atoms with Crippen LogP contribution in [0.25, 0.3) is 0 Å². The molecular formula is C19H24N2O. The predicted octanol–water partition coefficient (Wildman–Crippen LogP) is 2.37. The summed E-state index contributed by atoms with van der Waals surface area (Å²) in [5.41, 5.74) is 1.02. The fraction of sp³-hybridized carbons (Fsp3) is 0.526. The molecule has 22 heavy (non-hydrogen) atoms. The Bertz CT molecular complexity index is 566. The SMILES string of the molecule is CN1C(=O)C(CN2CCCCC2)CC1C#Cc1ccccc1. The number of benzene rings is 1. The van der Waals surface area contributed by atoms with Gasteiger partial charge in [-0.2, -0.15) is 0 Å². The summed E-state index contributed by atoms with van der Waals surface area (Å²) in [7, 11) is 1.89. The highest BCUT2D eigenvalue weighted by atomic mass is 16.2. The van der Waals surface area contributed by atoms with Gasteiger partial charge >= 0.3 is 0 Å². The van der Waals surface area contributed by atoms with Crippen LogP contribution in [0.3, 0.4) is 0 Å². The van der Waals surface area contributed by atoms with Gasteiger partial charge in [0.1, 0.15) is 0 Å². The molecule has 0 spiro atoms. The molecule has 2 aliphatic rings. The zero-order valence-corrected chi connectivity index (χ0v) is 13.3. The van der Waals surface area contributed by atoms with Crippen molar-refractivity contribution < 1.29 is 4.79 Å². The average Bonchev–Trinajstić information content (AvgIpc) is 2.83. The Hall–Kier alpha value is -1.79. The number of amides is 1. The first-order valence-electron chi connectivity index (χ1n) is 8.29. The van der Waals surface area contributed by atoms with E-state index in [1.165, 1.54) is 19.3 Å². The van der Waals surface area contributed by atoms with Gasteiger partial charge in [-0.25, -0.2) is 0 Å². The summed E-state index contributed by atoms with van der Waals surface area (Å²) < 4.78 is 0. The van der Waals surface area contributed by atoms with Crippen LogP contribution >= 0.6 is 0 Å². The second kappa shape index (κ2) is 6.98. The maximum Gasteiger partial charge on any atom is 0.227 e. The maximum absolute atomic E-state index is 12.4. The normalized spacial score (nSPS) is 25.9. The summed E-state index contributed by atoms with van der Waals surface area (Å²) in [6, 6.07) is 10.1. The molecule has 2 unspecified atom stereocenters. The number of carbonyl (C=O) groups is 1. The topological polar surface area (TPSA) is 23.6 Å². The first kappa shape index (κ1) is 15.1. The van der Waals surface area contributed by atoms with Crippen LogP contribution in [0.4, 0.5) is 0 Å². The summed E-state index contributed by atoms with van der Waals surface area (Å²) in [5, 5.41) is 0. The van der Waals surface area contributed by atoms with Gasteiger partial charge < -0.3 is 9.80 Å². The Morgan fingerprint density at radius 1 is 1.14 bits per heavy atom. The Kier molecular flexibility index (Phi) is 4.80. The Morgan fingerprint density at radius 3 is 2.59 bits per heavy atom. The smallest absolute Gasteiger partial charge is 0.227 e. The molecule has 3 rings (SSSR count). The summed E-state index contributed by atoms with van der Waals surface area (Å²) in [5.74, 6) is 6.87. The van der Waals surface area contributed by atoms with Gasteiger partial charge in [-0.15, -0.1) is 0 Å². The summed E-state index contributed by atoms with van der Waals surface area (Å²) in [4.78, 5) is 16.7.